The van der Waals surface area contributed by atoms with Crippen LogP contribution in [0.1, 0.15) is 120 Å². The largest absolute Gasteiger partial charge is 0.459 e. The molecule has 0 spiro atoms. The first-order valence-electron chi connectivity index (χ1n) is 33.9. The highest BCUT2D eigenvalue weighted by molar-refractivity contribution is 5.87. The highest BCUT2D eigenvalue weighted by atomic mass is 16.8. The number of rotatable bonds is 21. The molecule has 3 saturated carbocycles. The lowest BCUT2D eigenvalue weighted by Crippen LogP contribution is -2.67. The molecule has 29 nitrogen and oxygen atoms in total. The number of aliphatic hydroxyl groups is 11. The number of hydrogen-bond acceptors (Lipinski definition) is 29. The Bertz CT molecular complexity index is 2590. The first kappa shape index (κ1) is 75.5. The standard InChI is InChI=1S/C66H108O29/c1-14-27(2)59(77)85-28(3)35-18-20-66(78)36-16-15-33-21-34(17-19-64(33,8)37(36)22-42(69)65(35,66)9)88-43-23-38(79-10)52(29(4)83-43)91-44-24-39(80-11)53(30(5)84-44)92-61-50(75)57(81-12)54(31(6)86-61)93-62-51(76)58(82-13)55(32(7)87-62)94-63-49(74)56(46(71)41(26-68)90-63)95-60-48(73)47(72)45(70)40(25-67)89-60/h14-15,28-32,34-58,60-63,67-76,78H,16-26H2,1-13H3/b27-14+/t28?,29-,30-,31-,32-,34+,35-,36-,37+,38+,39+,40-,41-,42-,43+,44+,45-,46-,47+,48-,49-,50-,51-,52+,53+,54-,55-,56+,57-,58+,60+,61+,62+,63+,64+,65+,66+/m1/s1. The maximum absolute atomic E-state index is 12.8. The molecule has 95 heavy (non-hydrogen) atoms. The van der Waals surface area contributed by atoms with E-state index in [0.717, 1.165) is 12.8 Å². The number of allylic oxidation sites excluding steroid dienone is 2. The second kappa shape index (κ2) is 30.8. The third-order valence-electron chi connectivity index (χ3n) is 23.4. The number of methoxy groups -OCH3 is 4. The minimum absolute atomic E-state index is 0.0546. The Morgan fingerprint density at radius 1 is 0.568 bits per heavy atom. The van der Waals surface area contributed by atoms with Crippen molar-refractivity contribution in [3.05, 3.63) is 23.3 Å². The predicted molar refractivity (Wildman–Crippen MR) is 326 cm³/mol. The van der Waals surface area contributed by atoms with Gasteiger partial charge in [-0.2, -0.15) is 0 Å². The minimum atomic E-state index is -1.89. The number of carbonyl (C=O) groups is 1. The van der Waals surface area contributed by atoms with Crippen molar-refractivity contribution >= 4 is 5.97 Å². The molecule has 10 rings (SSSR count). The van der Waals surface area contributed by atoms with E-state index in [9.17, 15) is 61.0 Å². The van der Waals surface area contributed by atoms with E-state index >= 15 is 0 Å². The van der Waals surface area contributed by atoms with E-state index in [2.05, 4.69) is 13.0 Å². The van der Waals surface area contributed by atoms with Gasteiger partial charge < -0.3 is 137 Å². The Hall–Kier alpha value is -2.13. The summed E-state index contributed by atoms with van der Waals surface area (Å²) in [6.07, 6.45) is -26.6. The Kier molecular flexibility index (Phi) is 24.5. The fourth-order valence-corrected chi connectivity index (χ4v) is 17.6. The van der Waals surface area contributed by atoms with Crippen molar-refractivity contribution in [2.75, 3.05) is 41.7 Å². The third-order valence-corrected chi connectivity index (χ3v) is 23.4. The Labute approximate surface area is 555 Å². The van der Waals surface area contributed by atoms with E-state index in [1.807, 2.05) is 20.8 Å². The zero-order valence-corrected chi connectivity index (χ0v) is 56.8. The van der Waals surface area contributed by atoms with Gasteiger partial charge in [-0.05, 0) is 111 Å². The van der Waals surface area contributed by atoms with E-state index in [1.165, 1.54) is 26.9 Å². The number of fused-ring (bicyclic) bond motifs is 5. The number of hydrogen-bond donors (Lipinski definition) is 11. The van der Waals surface area contributed by atoms with Gasteiger partial charge in [-0.1, -0.05) is 31.6 Å². The maximum atomic E-state index is 12.8. The van der Waals surface area contributed by atoms with Crippen LogP contribution >= 0.6 is 0 Å². The van der Waals surface area contributed by atoms with Gasteiger partial charge in [0, 0.05) is 58.2 Å². The van der Waals surface area contributed by atoms with Crippen LogP contribution in [0.4, 0.5) is 0 Å². The summed E-state index contributed by atoms with van der Waals surface area (Å²) >= 11 is 0. The minimum Gasteiger partial charge on any atom is -0.459 e. The molecule has 6 saturated heterocycles. The highest BCUT2D eigenvalue weighted by Crippen LogP contribution is 2.69. The van der Waals surface area contributed by atoms with Crippen LogP contribution in [-0.4, -0.2) is 300 Å². The smallest absolute Gasteiger partial charge is 0.333 e. The molecular weight excluding hydrogens is 1260 g/mol. The molecule has 546 valence electrons. The first-order chi connectivity index (χ1) is 45.0. The topological polar surface area (TPSA) is 397 Å². The summed E-state index contributed by atoms with van der Waals surface area (Å²) in [5, 5.41) is 122. The quantitative estimate of drug-likeness (QED) is 0.0397. The molecule has 4 aliphatic carbocycles. The lowest BCUT2D eigenvalue weighted by molar-refractivity contribution is -0.390. The highest BCUT2D eigenvalue weighted by Gasteiger charge is 2.71. The number of ether oxygens (including phenoxy) is 17. The summed E-state index contributed by atoms with van der Waals surface area (Å²) in [5.41, 5.74) is -0.421. The molecule has 0 bridgehead atoms. The van der Waals surface area contributed by atoms with Crippen molar-refractivity contribution in [3.8, 4) is 0 Å². The zero-order valence-electron chi connectivity index (χ0n) is 56.8. The second-order valence-corrected chi connectivity index (χ2v) is 28.6. The summed E-state index contributed by atoms with van der Waals surface area (Å²) < 4.78 is 105. The Balaban J connectivity index is 0.708. The Morgan fingerprint density at radius 3 is 1.59 bits per heavy atom. The maximum Gasteiger partial charge on any atom is 0.333 e. The van der Waals surface area contributed by atoms with E-state index in [1.54, 1.807) is 47.8 Å². The lowest BCUT2D eigenvalue weighted by atomic mass is 9.45. The van der Waals surface area contributed by atoms with Crippen molar-refractivity contribution in [1.29, 1.82) is 0 Å². The average molecular weight is 1370 g/mol. The lowest BCUT2D eigenvalue weighted by Gasteiger charge is -2.63. The normalized spacial score (nSPS) is 51.6. The molecule has 37 atom stereocenters. The van der Waals surface area contributed by atoms with Gasteiger partial charge in [-0.3, -0.25) is 0 Å². The molecule has 0 aromatic heterocycles. The molecule has 9 fully saturated rings. The molecule has 1 unspecified atom stereocenters. The molecule has 6 heterocycles. The number of carbonyl (C=O) groups excluding carboxylic acids is 1. The molecular formula is C66H108O29. The van der Waals surface area contributed by atoms with E-state index in [-0.39, 0.29) is 41.7 Å². The van der Waals surface area contributed by atoms with Crippen LogP contribution in [0, 0.1) is 28.6 Å². The second-order valence-electron chi connectivity index (χ2n) is 28.6. The van der Waals surface area contributed by atoms with Crippen molar-refractivity contribution in [2.45, 2.75) is 316 Å². The summed E-state index contributed by atoms with van der Waals surface area (Å²) in [7, 11) is 5.82. The molecule has 0 aromatic rings. The molecule has 11 N–H and O–H groups in total. The van der Waals surface area contributed by atoms with Gasteiger partial charge in [0.05, 0.1) is 67.6 Å². The van der Waals surface area contributed by atoms with Crippen LogP contribution in [0.25, 0.3) is 0 Å². The molecule has 29 heteroatoms. The van der Waals surface area contributed by atoms with Gasteiger partial charge in [-0.25, -0.2) is 4.79 Å². The van der Waals surface area contributed by atoms with Gasteiger partial charge in [0.15, 0.2) is 37.7 Å². The van der Waals surface area contributed by atoms with Crippen LogP contribution in [0.2, 0.25) is 0 Å². The van der Waals surface area contributed by atoms with Crippen molar-refractivity contribution in [1.82, 2.24) is 0 Å². The predicted octanol–water partition coefficient (Wildman–Crippen LogP) is -0.360. The summed E-state index contributed by atoms with van der Waals surface area (Å²) in [5.74, 6) is -0.582. The molecule has 0 amide bonds. The van der Waals surface area contributed by atoms with Crippen LogP contribution in [0.5, 0.6) is 0 Å². The van der Waals surface area contributed by atoms with Gasteiger partial charge in [0.1, 0.15) is 104 Å². The Morgan fingerprint density at radius 2 is 1.05 bits per heavy atom. The van der Waals surface area contributed by atoms with Crippen LogP contribution < -0.4 is 0 Å². The van der Waals surface area contributed by atoms with E-state index in [0.29, 0.717) is 44.1 Å². The van der Waals surface area contributed by atoms with Gasteiger partial charge in [-0.15, -0.1) is 0 Å². The van der Waals surface area contributed by atoms with E-state index < -0.39 is 208 Å². The number of esters is 1. The summed E-state index contributed by atoms with van der Waals surface area (Å²) in [4.78, 5) is 12.8. The average Bonchev–Trinajstić information content (AvgIpc) is 1.64. The molecule has 0 radical (unpaired) electrons. The first-order valence-corrected chi connectivity index (χ1v) is 33.9. The fourth-order valence-electron chi connectivity index (χ4n) is 17.6. The third kappa shape index (κ3) is 14.3. The monoisotopic (exact) mass is 1360 g/mol. The number of aliphatic hydroxyl groups excluding tert-OH is 10. The fraction of sp³-hybridized carbons (Fsp3) is 0.924. The van der Waals surface area contributed by atoms with Crippen molar-refractivity contribution < 1.29 is 141 Å². The van der Waals surface area contributed by atoms with Crippen LogP contribution in [-0.2, 0) is 85.3 Å². The van der Waals surface area contributed by atoms with Gasteiger partial charge in [0.2, 0.25) is 0 Å². The van der Waals surface area contributed by atoms with Crippen molar-refractivity contribution in [2.24, 2.45) is 28.6 Å². The van der Waals surface area contributed by atoms with Crippen molar-refractivity contribution in [3.63, 3.8) is 0 Å². The molecule has 6 aliphatic heterocycles. The van der Waals surface area contributed by atoms with Gasteiger partial charge in [0.25, 0.3) is 0 Å². The zero-order chi connectivity index (χ0) is 69.1. The van der Waals surface area contributed by atoms with Crippen LogP contribution in [0.3, 0.4) is 0 Å². The van der Waals surface area contributed by atoms with Crippen LogP contribution in [0.15, 0.2) is 23.3 Å². The summed E-state index contributed by atoms with van der Waals surface area (Å²) in [6, 6.07) is 0. The summed E-state index contributed by atoms with van der Waals surface area (Å²) in [6.45, 7) is 15.1. The van der Waals surface area contributed by atoms with E-state index in [4.69, 9.17) is 80.5 Å². The van der Waals surface area contributed by atoms with Gasteiger partial charge >= 0.3 is 5.97 Å². The molecule has 0 aromatic carbocycles. The SMILES string of the molecule is C/C=C(\C)C(=O)OC(C)[C@H]1CC[C@]2(O)[C@@H]3CC=C4C[C@@H](O[C@H]5C[C@H](OC)[C@@H](O[C@H]6C[C@H](OC)[C@@H](O[C@@H]7O[C@H](C)[C@@H](O[C@@H]8O[C@H](C)[C@@H](O[C@@H]9O[C@H](CO)[C@@H](O)[C@H](O[C@@H]%10O[C@H](CO)[C@@H](O)[C@H](O)[C@H]%10O)[C@H]9O)[C@@H](OC)[C@H]8O)[C@H](OC)[C@H]7O)[C@@H](C)O6)[C@@H](C)O5)CC[C@]4(C)[C@H]3C[C@@H](O)[C@]12C. The molecule has 10 aliphatic rings.